The molecule has 0 radical (unpaired) electrons. The van der Waals surface area contributed by atoms with Gasteiger partial charge in [0.25, 0.3) is 0 Å². The van der Waals surface area contributed by atoms with E-state index in [0.29, 0.717) is 11.6 Å². The molecular weight excluding hydrogens is 374 g/mol. The summed E-state index contributed by atoms with van der Waals surface area (Å²) in [7, 11) is 1.91. The van der Waals surface area contributed by atoms with Gasteiger partial charge >= 0.3 is 0 Å². The zero-order valence-corrected chi connectivity index (χ0v) is 17.2. The van der Waals surface area contributed by atoms with Crippen molar-refractivity contribution in [3.8, 4) is 11.3 Å². The number of nitrogens with zero attached hydrogens (tertiary/aromatic N) is 3. The number of carbonyl (C=O) groups excluding carboxylic acids is 1. The molecule has 2 aromatic heterocycles. The molecule has 154 valence electrons. The highest BCUT2D eigenvalue weighted by atomic mass is 16.1. The van der Waals surface area contributed by atoms with E-state index in [1.165, 1.54) is 24.0 Å². The average molecular weight is 402 g/mol. The van der Waals surface area contributed by atoms with Gasteiger partial charge in [0, 0.05) is 48.7 Å². The smallest absolute Gasteiger partial charge is 0.248 e. The van der Waals surface area contributed by atoms with Gasteiger partial charge in [-0.2, -0.15) is 0 Å². The molecule has 0 bridgehead atoms. The number of amides is 1. The molecule has 0 saturated carbocycles. The lowest BCUT2D eigenvalue weighted by Crippen LogP contribution is -2.33. The third kappa shape index (κ3) is 4.33. The molecule has 6 heteroatoms. The Morgan fingerprint density at radius 2 is 1.97 bits per heavy atom. The molecule has 3 heterocycles. The van der Waals surface area contributed by atoms with E-state index in [2.05, 4.69) is 33.4 Å². The first-order valence-electron chi connectivity index (χ1n) is 10.4. The van der Waals surface area contributed by atoms with Crippen LogP contribution in [0.25, 0.3) is 11.3 Å². The SMILES string of the molecule is CNc1ncccc1CN1CCCCC1c1ccc(-c2ccc(C(N)=O)cc2)nc1. The van der Waals surface area contributed by atoms with Gasteiger partial charge in [-0.1, -0.05) is 30.7 Å². The summed E-state index contributed by atoms with van der Waals surface area (Å²) >= 11 is 0. The molecule has 0 spiro atoms. The summed E-state index contributed by atoms with van der Waals surface area (Å²) in [6.45, 7) is 1.93. The van der Waals surface area contributed by atoms with Crippen LogP contribution in [0.5, 0.6) is 0 Å². The minimum Gasteiger partial charge on any atom is -0.373 e. The first-order valence-corrected chi connectivity index (χ1v) is 10.4. The topological polar surface area (TPSA) is 84.1 Å². The number of aromatic nitrogens is 2. The van der Waals surface area contributed by atoms with Gasteiger partial charge in [-0.25, -0.2) is 4.98 Å². The Morgan fingerprint density at radius 1 is 1.13 bits per heavy atom. The van der Waals surface area contributed by atoms with Crippen LogP contribution in [0, 0.1) is 0 Å². The third-order valence-electron chi connectivity index (χ3n) is 5.75. The fourth-order valence-corrected chi connectivity index (χ4v) is 4.15. The Bertz CT molecular complexity index is 1000. The summed E-state index contributed by atoms with van der Waals surface area (Å²) in [5.74, 6) is 0.520. The molecule has 6 nitrogen and oxygen atoms in total. The molecule has 1 aliphatic rings. The van der Waals surface area contributed by atoms with Crippen molar-refractivity contribution in [1.82, 2.24) is 14.9 Å². The summed E-state index contributed by atoms with van der Waals surface area (Å²) in [5.41, 5.74) is 10.1. The van der Waals surface area contributed by atoms with Crippen molar-refractivity contribution in [3.05, 3.63) is 77.6 Å². The van der Waals surface area contributed by atoms with E-state index in [-0.39, 0.29) is 0 Å². The summed E-state index contributed by atoms with van der Waals surface area (Å²) in [6.07, 6.45) is 7.38. The van der Waals surface area contributed by atoms with Gasteiger partial charge in [-0.3, -0.25) is 14.7 Å². The Morgan fingerprint density at radius 3 is 2.67 bits per heavy atom. The Hall–Kier alpha value is -3.25. The number of primary amides is 1. The number of anilines is 1. The molecule has 1 fully saturated rings. The van der Waals surface area contributed by atoms with E-state index >= 15 is 0 Å². The van der Waals surface area contributed by atoms with E-state index in [4.69, 9.17) is 10.7 Å². The fourth-order valence-electron chi connectivity index (χ4n) is 4.15. The molecule has 1 aromatic carbocycles. The van der Waals surface area contributed by atoms with E-state index in [0.717, 1.165) is 36.6 Å². The molecule has 0 aliphatic carbocycles. The van der Waals surface area contributed by atoms with Crippen LogP contribution in [0.4, 0.5) is 5.82 Å². The highest BCUT2D eigenvalue weighted by Crippen LogP contribution is 2.33. The van der Waals surface area contributed by atoms with Crippen LogP contribution in [0.2, 0.25) is 0 Å². The van der Waals surface area contributed by atoms with Gasteiger partial charge in [-0.05, 0) is 49.2 Å². The van der Waals surface area contributed by atoms with Crippen LogP contribution in [-0.4, -0.2) is 34.4 Å². The number of carbonyl (C=O) groups is 1. The van der Waals surface area contributed by atoms with Crippen LogP contribution < -0.4 is 11.1 Å². The van der Waals surface area contributed by atoms with Gasteiger partial charge in [-0.15, -0.1) is 0 Å². The van der Waals surface area contributed by atoms with Gasteiger partial charge in [0.15, 0.2) is 0 Å². The van der Waals surface area contributed by atoms with Gasteiger partial charge in [0.2, 0.25) is 5.91 Å². The van der Waals surface area contributed by atoms with Crippen molar-refractivity contribution < 1.29 is 4.79 Å². The third-order valence-corrected chi connectivity index (χ3v) is 5.75. The van der Waals surface area contributed by atoms with Crippen LogP contribution >= 0.6 is 0 Å². The Balaban J connectivity index is 1.53. The molecular formula is C24H27N5O. The molecule has 3 N–H and O–H groups in total. The van der Waals surface area contributed by atoms with Gasteiger partial charge in [0.1, 0.15) is 5.82 Å². The lowest BCUT2D eigenvalue weighted by atomic mass is 9.95. The Kier molecular flexibility index (Phi) is 6.05. The second-order valence-electron chi connectivity index (χ2n) is 7.66. The van der Waals surface area contributed by atoms with Crippen molar-refractivity contribution in [2.75, 3.05) is 18.9 Å². The summed E-state index contributed by atoms with van der Waals surface area (Å²) in [4.78, 5) is 22.9. The van der Waals surface area contributed by atoms with Gasteiger partial charge < -0.3 is 11.1 Å². The molecule has 4 rings (SSSR count). The predicted molar refractivity (Wildman–Crippen MR) is 119 cm³/mol. The highest BCUT2D eigenvalue weighted by Gasteiger charge is 2.25. The van der Waals surface area contributed by atoms with Crippen LogP contribution in [-0.2, 0) is 6.54 Å². The second kappa shape index (κ2) is 9.05. The molecule has 1 amide bonds. The second-order valence-corrected chi connectivity index (χ2v) is 7.66. The number of nitrogens with two attached hydrogens (primary N) is 1. The van der Waals surface area contributed by atoms with Crippen LogP contribution in [0.1, 0.15) is 46.8 Å². The molecule has 1 saturated heterocycles. The first kappa shape index (κ1) is 20.0. The standard InChI is InChI=1S/C24H27N5O/c1-26-24-20(5-4-13-27-24)16-29-14-3-2-6-22(29)19-11-12-21(28-15-19)17-7-9-18(10-8-17)23(25)30/h4-5,7-13,15,22H,2-3,6,14,16H2,1H3,(H2,25,30)(H,26,27). The Labute approximate surface area is 177 Å². The maximum atomic E-state index is 11.3. The lowest BCUT2D eigenvalue weighted by molar-refractivity contribution is 0.100. The minimum absolute atomic E-state index is 0.349. The number of nitrogens with one attached hydrogen (secondary N) is 1. The molecule has 1 aliphatic heterocycles. The average Bonchev–Trinajstić information content (AvgIpc) is 2.80. The zero-order chi connectivity index (χ0) is 20.9. The zero-order valence-electron chi connectivity index (χ0n) is 17.2. The highest BCUT2D eigenvalue weighted by molar-refractivity contribution is 5.93. The van der Waals surface area contributed by atoms with E-state index in [1.54, 1.807) is 12.1 Å². The number of likely N-dealkylation sites (tertiary alicyclic amines) is 1. The number of hydrogen-bond acceptors (Lipinski definition) is 5. The number of piperidine rings is 1. The van der Waals surface area contributed by atoms with Gasteiger partial charge in [0.05, 0.1) is 5.69 Å². The minimum atomic E-state index is -0.419. The van der Waals surface area contributed by atoms with Crippen molar-refractivity contribution in [2.24, 2.45) is 5.73 Å². The fraction of sp³-hybridized carbons (Fsp3) is 0.292. The monoisotopic (exact) mass is 401 g/mol. The van der Waals surface area contributed by atoms with Crippen LogP contribution in [0.15, 0.2) is 60.9 Å². The number of rotatable bonds is 6. The van der Waals surface area contributed by atoms with Crippen molar-refractivity contribution in [1.29, 1.82) is 0 Å². The van der Waals surface area contributed by atoms with E-state index in [1.807, 2.05) is 37.6 Å². The molecule has 3 aromatic rings. The maximum Gasteiger partial charge on any atom is 0.248 e. The molecule has 30 heavy (non-hydrogen) atoms. The van der Waals surface area contributed by atoms with Crippen molar-refractivity contribution in [2.45, 2.75) is 31.8 Å². The quantitative estimate of drug-likeness (QED) is 0.652. The summed E-state index contributed by atoms with van der Waals surface area (Å²) in [6, 6.07) is 16.0. The first-order chi connectivity index (χ1) is 14.7. The normalized spacial score (nSPS) is 16.9. The number of benzene rings is 1. The summed E-state index contributed by atoms with van der Waals surface area (Å²) < 4.78 is 0. The largest absolute Gasteiger partial charge is 0.373 e. The lowest BCUT2D eigenvalue weighted by Gasteiger charge is -2.36. The van der Waals surface area contributed by atoms with Crippen LogP contribution in [0.3, 0.4) is 0 Å². The van der Waals surface area contributed by atoms with Crippen molar-refractivity contribution >= 4 is 11.7 Å². The van der Waals surface area contributed by atoms with E-state index in [9.17, 15) is 4.79 Å². The molecule has 1 atom stereocenters. The number of hydrogen-bond donors (Lipinski definition) is 2. The number of pyridine rings is 2. The molecule has 1 unspecified atom stereocenters. The predicted octanol–water partition coefficient (Wildman–Crippen LogP) is 4.01. The van der Waals surface area contributed by atoms with E-state index < -0.39 is 5.91 Å². The summed E-state index contributed by atoms with van der Waals surface area (Å²) in [5, 5.41) is 3.20. The maximum absolute atomic E-state index is 11.3. The van der Waals surface area contributed by atoms with Crippen molar-refractivity contribution in [3.63, 3.8) is 0 Å².